The molecule has 0 saturated heterocycles. The third kappa shape index (κ3) is 4.05. The highest BCUT2D eigenvalue weighted by atomic mass is 16.6. The van der Waals surface area contributed by atoms with Gasteiger partial charge in [0.15, 0.2) is 5.75 Å². The number of aliphatic carboxylic acids is 1. The number of nitro groups is 1. The number of carboxylic acid groups (broad SMARTS) is 1. The molecule has 0 heterocycles. The van der Waals surface area contributed by atoms with Gasteiger partial charge in [-0.15, -0.1) is 0 Å². The second-order valence-corrected chi connectivity index (χ2v) is 4.99. The second kappa shape index (κ2) is 7.35. The maximum absolute atomic E-state index is 11.5. The van der Waals surface area contributed by atoms with Crippen molar-refractivity contribution in [1.82, 2.24) is 0 Å². The molecule has 2 aromatic carbocycles. The van der Waals surface area contributed by atoms with Crippen molar-refractivity contribution in [3.63, 3.8) is 0 Å². The summed E-state index contributed by atoms with van der Waals surface area (Å²) < 4.78 is 5.17. The molecule has 8 heteroatoms. The Labute approximate surface area is 142 Å². The van der Waals surface area contributed by atoms with Crippen LogP contribution in [-0.4, -0.2) is 32.8 Å². The van der Waals surface area contributed by atoms with E-state index < -0.39 is 22.3 Å². The molecular weight excluding hydrogens is 330 g/mol. The number of hydrogen-bond acceptors (Lipinski definition) is 6. The Morgan fingerprint density at radius 1 is 1.24 bits per heavy atom. The molecule has 0 aliphatic rings. The Bertz CT molecular complexity index is 841. The first-order valence-electron chi connectivity index (χ1n) is 7.22. The fourth-order valence-corrected chi connectivity index (χ4v) is 2.18. The van der Waals surface area contributed by atoms with Crippen LogP contribution in [0.2, 0.25) is 0 Å². The number of aromatic hydroxyl groups is 2. The Morgan fingerprint density at radius 2 is 1.88 bits per heavy atom. The third-order valence-electron chi connectivity index (χ3n) is 3.29. The lowest BCUT2D eigenvalue weighted by Crippen LogP contribution is -2.00. The Balaban J connectivity index is 2.61. The number of nitro benzene ring substituents is 1. The fraction of sp³-hybridized carbons (Fsp3) is 0.118. The highest BCUT2D eigenvalue weighted by molar-refractivity contribution is 6.20. The molecule has 3 N–H and O–H groups in total. The highest BCUT2D eigenvalue weighted by Gasteiger charge is 2.20. The number of phenolic OH excluding ortho intramolecular Hbond substituents is 2. The number of ether oxygens (including phenoxy) is 1. The summed E-state index contributed by atoms with van der Waals surface area (Å²) in [7, 11) is 0. The standard InChI is InChI=1S/C17H15NO7/c1-2-25-15-9-10(8-14(16(15)20)18(23)24)7-13(17(21)22)11-3-5-12(19)6-4-11/h3-9,19-20H,2H2,1H3,(H,21,22)/b13-7-. The topological polar surface area (TPSA) is 130 Å². The molecule has 0 radical (unpaired) electrons. The van der Waals surface area contributed by atoms with Gasteiger partial charge in [0, 0.05) is 6.07 Å². The monoisotopic (exact) mass is 345 g/mol. The van der Waals surface area contributed by atoms with Crippen LogP contribution in [0.3, 0.4) is 0 Å². The molecule has 0 amide bonds. The van der Waals surface area contributed by atoms with Crippen LogP contribution < -0.4 is 4.74 Å². The molecular formula is C17H15NO7. The summed E-state index contributed by atoms with van der Waals surface area (Å²) in [5.41, 5.74) is -0.243. The molecule has 0 saturated carbocycles. The SMILES string of the molecule is CCOc1cc(/C=C(\C(=O)O)c2ccc(O)cc2)cc([N+](=O)[O-])c1O. The molecule has 0 bridgehead atoms. The van der Waals surface area contributed by atoms with Crippen molar-refractivity contribution in [2.45, 2.75) is 6.92 Å². The predicted octanol–water partition coefficient (Wildman–Crippen LogP) is 3.03. The van der Waals surface area contributed by atoms with E-state index in [0.29, 0.717) is 5.56 Å². The minimum Gasteiger partial charge on any atom is -0.508 e. The normalized spacial score (nSPS) is 11.2. The van der Waals surface area contributed by atoms with E-state index >= 15 is 0 Å². The van der Waals surface area contributed by atoms with Gasteiger partial charge >= 0.3 is 11.7 Å². The van der Waals surface area contributed by atoms with E-state index in [1.165, 1.54) is 36.4 Å². The minimum absolute atomic E-state index is 0.0209. The van der Waals surface area contributed by atoms with Gasteiger partial charge in [-0.3, -0.25) is 10.1 Å². The Morgan fingerprint density at radius 3 is 2.40 bits per heavy atom. The molecule has 8 nitrogen and oxygen atoms in total. The quantitative estimate of drug-likeness (QED) is 0.317. The van der Waals surface area contributed by atoms with Crippen molar-refractivity contribution in [2.24, 2.45) is 0 Å². The number of hydrogen-bond donors (Lipinski definition) is 3. The average molecular weight is 345 g/mol. The molecule has 0 spiro atoms. The van der Waals surface area contributed by atoms with Gasteiger partial charge < -0.3 is 20.1 Å². The maximum Gasteiger partial charge on any atom is 0.336 e. The molecule has 0 aliphatic heterocycles. The van der Waals surface area contributed by atoms with Crippen molar-refractivity contribution in [3.8, 4) is 17.2 Å². The van der Waals surface area contributed by atoms with Crippen molar-refractivity contribution in [3.05, 3.63) is 57.6 Å². The van der Waals surface area contributed by atoms with Crippen LogP contribution in [0.5, 0.6) is 17.2 Å². The van der Waals surface area contributed by atoms with Crippen molar-refractivity contribution in [1.29, 1.82) is 0 Å². The van der Waals surface area contributed by atoms with Gasteiger partial charge in [0.05, 0.1) is 17.1 Å². The average Bonchev–Trinajstić information content (AvgIpc) is 2.56. The van der Waals surface area contributed by atoms with Crippen LogP contribution in [-0.2, 0) is 4.79 Å². The Kier molecular flexibility index (Phi) is 5.23. The van der Waals surface area contributed by atoms with Crippen molar-refractivity contribution in [2.75, 3.05) is 6.61 Å². The van der Waals surface area contributed by atoms with Crippen molar-refractivity contribution < 1.29 is 29.8 Å². The van der Waals surface area contributed by atoms with Gasteiger partial charge in [-0.05, 0) is 42.3 Å². The Hall–Kier alpha value is -3.55. The van der Waals surface area contributed by atoms with Crippen LogP contribution in [0, 0.1) is 10.1 Å². The van der Waals surface area contributed by atoms with Crippen LogP contribution in [0.4, 0.5) is 5.69 Å². The molecule has 25 heavy (non-hydrogen) atoms. The molecule has 2 rings (SSSR count). The summed E-state index contributed by atoms with van der Waals surface area (Å²) >= 11 is 0. The first-order valence-corrected chi connectivity index (χ1v) is 7.22. The summed E-state index contributed by atoms with van der Waals surface area (Å²) in [5.74, 6) is -2.00. The largest absolute Gasteiger partial charge is 0.508 e. The number of carboxylic acids is 1. The summed E-state index contributed by atoms with van der Waals surface area (Å²) in [4.78, 5) is 21.8. The zero-order valence-electron chi connectivity index (χ0n) is 13.2. The van der Waals surface area contributed by atoms with E-state index in [-0.39, 0.29) is 29.2 Å². The third-order valence-corrected chi connectivity index (χ3v) is 3.29. The van der Waals surface area contributed by atoms with Gasteiger partial charge in [-0.25, -0.2) is 4.79 Å². The van der Waals surface area contributed by atoms with E-state index in [9.17, 15) is 30.2 Å². The summed E-state index contributed by atoms with van der Waals surface area (Å²) in [6.45, 7) is 1.81. The molecule has 130 valence electrons. The lowest BCUT2D eigenvalue weighted by atomic mass is 10.0. The van der Waals surface area contributed by atoms with Crippen LogP contribution >= 0.6 is 0 Å². The molecule has 0 aromatic heterocycles. The second-order valence-electron chi connectivity index (χ2n) is 4.99. The zero-order chi connectivity index (χ0) is 18.6. The summed E-state index contributed by atoms with van der Waals surface area (Å²) in [5, 5.41) is 39.7. The maximum atomic E-state index is 11.5. The van der Waals surface area contributed by atoms with Gasteiger partial charge in [0.25, 0.3) is 0 Å². The highest BCUT2D eigenvalue weighted by Crippen LogP contribution is 2.38. The number of benzene rings is 2. The predicted molar refractivity (Wildman–Crippen MR) is 89.5 cm³/mol. The first-order chi connectivity index (χ1) is 11.8. The smallest absolute Gasteiger partial charge is 0.336 e. The fourth-order valence-electron chi connectivity index (χ4n) is 2.18. The van der Waals surface area contributed by atoms with E-state index in [1.807, 2.05) is 0 Å². The molecule has 0 aliphatic carbocycles. The molecule has 0 unspecified atom stereocenters. The van der Waals surface area contributed by atoms with E-state index in [0.717, 1.165) is 6.07 Å². The first kappa shape index (κ1) is 17.8. The number of carbonyl (C=O) groups is 1. The van der Waals surface area contributed by atoms with Crippen LogP contribution in [0.15, 0.2) is 36.4 Å². The molecule has 0 fully saturated rings. The summed E-state index contributed by atoms with van der Waals surface area (Å²) in [6, 6.07) is 7.85. The van der Waals surface area contributed by atoms with Crippen LogP contribution in [0.25, 0.3) is 11.6 Å². The molecule has 0 atom stereocenters. The van der Waals surface area contributed by atoms with Gasteiger partial charge in [-0.1, -0.05) is 12.1 Å². The lowest BCUT2D eigenvalue weighted by Gasteiger charge is -2.08. The van der Waals surface area contributed by atoms with E-state index in [1.54, 1.807) is 6.92 Å². The lowest BCUT2D eigenvalue weighted by molar-refractivity contribution is -0.386. The number of phenols is 2. The van der Waals surface area contributed by atoms with E-state index in [2.05, 4.69) is 0 Å². The van der Waals surface area contributed by atoms with E-state index in [4.69, 9.17) is 4.74 Å². The van der Waals surface area contributed by atoms with Crippen molar-refractivity contribution >= 4 is 23.3 Å². The van der Waals surface area contributed by atoms with Gasteiger partial charge in [-0.2, -0.15) is 0 Å². The van der Waals surface area contributed by atoms with Gasteiger partial charge in [0.2, 0.25) is 5.75 Å². The van der Waals surface area contributed by atoms with Gasteiger partial charge in [0.1, 0.15) is 5.75 Å². The zero-order valence-corrected chi connectivity index (χ0v) is 13.2. The number of rotatable bonds is 6. The van der Waals surface area contributed by atoms with Crippen LogP contribution in [0.1, 0.15) is 18.1 Å². The minimum atomic E-state index is -1.25. The molecule has 2 aromatic rings. The number of nitrogens with zero attached hydrogens (tertiary/aromatic N) is 1. The summed E-state index contributed by atoms with van der Waals surface area (Å²) in [6.07, 6.45) is 1.23.